The van der Waals surface area contributed by atoms with Gasteiger partial charge in [-0.2, -0.15) is 26.3 Å². The van der Waals surface area contributed by atoms with Gasteiger partial charge in [-0.25, -0.2) is 12.8 Å². The number of carbonyl (C=O) groups is 2. The topological polar surface area (TPSA) is 129 Å². The van der Waals surface area contributed by atoms with Crippen LogP contribution in [0.1, 0.15) is 78.1 Å². The zero-order valence-corrected chi connectivity index (χ0v) is 29.6. The highest BCUT2D eigenvalue weighted by Gasteiger charge is 2.56. The Morgan fingerprint density at radius 2 is 1.63 bits per heavy atom. The number of nitrogens with one attached hydrogen (secondary N) is 1. The lowest BCUT2D eigenvalue weighted by molar-refractivity contribution is -0.284. The van der Waals surface area contributed by atoms with E-state index in [2.05, 4.69) is 10.3 Å². The van der Waals surface area contributed by atoms with Gasteiger partial charge in [0, 0.05) is 49.1 Å². The average molecular weight is 759 g/mol. The van der Waals surface area contributed by atoms with Crippen molar-refractivity contribution in [2.45, 2.75) is 82.5 Å². The number of hydrogen-bond donors (Lipinski definition) is 2. The third-order valence-electron chi connectivity index (χ3n) is 9.78. The number of carbonyl (C=O) groups excluding carboxylic acids is 2. The second-order valence-electron chi connectivity index (χ2n) is 13.8. The second-order valence-corrected chi connectivity index (χ2v) is 15.6. The first-order valence-corrected chi connectivity index (χ1v) is 18.2. The van der Waals surface area contributed by atoms with Crippen molar-refractivity contribution < 1.29 is 54.2 Å². The summed E-state index contributed by atoms with van der Waals surface area (Å²) in [4.78, 5) is 32.4. The summed E-state index contributed by atoms with van der Waals surface area (Å²) in [5.41, 5.74) is 0.610. The van der Waals surface area contributed by atoms with Gasteiger partial charge in [0.2, 0.25) is 10.0 Å². The van der Waals surface area contributed by atoms with Gasteiger partial charge in [0.15, 0.2) is 11.6 Å². The first kappa shape index (κ1) is 39.3. The summed E-state index contributed by atoms with van der Waals surface area (Å²) in [5.74, 6) is -6.83. The summed E-state index contributed by atoms with van der Waals surface area (Å²) in [7, 11) is -3.92. The van der Waals surface area contributed by atoms with E-state index in [0.717, 1.165) is 17.5 Å². The van der Waals surface area contributed by atoms with Gasteiger partial charge in [-0.05, 0) is 106 Å². The smallest absolute Gasteiger partial charge is 0.453 e. The highest BCUT2D eigenvalue weighted by molar-refractivity contribution is 7.92. The number of amidine groups is 1. The Balaban J connectivity index is 1.19. The lowest BCUT2D eigenvalue weighted by Gasteiger charge is -2.36. The fourth-order valence-corrected chi connectivity index (χ4v) is 7.63. The van der Waals surface area contributed by atoms with Gasteiger partial charge < -0.3 is 20.1 Å². The standard InChI is InChI=1S/C35H40F6N4O6S/c1-22-19-25(30(46)44-13-9-32(3,48)10-14-44)20-23(2)26(22)7-18-52(49,50)45-15-11-33(12-16-45)31(47)42-29(43-33)24-5-6-28(27(36)21-24)51-17-4-8-34(37,38)35(39,40)41/h5-7,18-21,48H,4,8-17H2,1-3H3,(H,42,43,47)/b18-7+. The lowest BCUT2D eigenvalue weighted by atomic mass is 9.89. The normalized spacial score (nSPS) is 19.6. The molecule has 0 unspecified atom stereocenters. The van der Waals surface area contributed by atoms with Gasteiger partial charge >= 0.3 is 12.1 Å². The summed E-state index contributed by atoms with van der Waals surface area (Å²) in [6.07, 6.45) is -5.36. The Morgan fingerprint density at radius 1 is 1.02 bits per heavy atom. The van der Waals surface area contributed by atoms with Crippen LogP contribution in [0.4, 0.5) is 26.3 Å². The zero-order chi connectivity index (χ0) is 38.3. The fraction of sp³-hybridized carbons (Fsp3) is 0.514. The van der Waals surface area contributed by atoms with Gasteiger partial charge in [-0.3, -0.25) is 14.6 Å². The van der Waals surface area contributed by atoms with Crippen LogP contribution in [0.2, 0.25) is 0 Å². The van der Waals surface area contributed by atoms with Crippen LogP contribution < -0.4 is 10.1 Å². The molecule has 3 aliphatic heterocycles. The largest absolute Gasteiger partial charge is 0.491 e. The Bertz CT molecular complexity index is 1850. The molecule has 0 aliphatic carbocycles. The molecule has 0 radical (unpaired) electrons. The number of halogens is 6. The minimum atomic E-state index is -5.69. The number of hydrogen-bond acceptors (Lipinski definition) is 7. The number of rotatable bonds is 10. The van der Waals surface area contributed by atoms with Crippen LogP contribution in [0.3, 0.4) is 0 Å². The first-order chi connectivity index (χ1) is 24.1. The molecule has 0 saturated carbocycles. The lowest BCUT2D eigenvalue weighted by Crippen LogP contribution is -2.50. The Morgan fingerprint density at radius 3 is 2.21 bits per heavy atom. The second kappa shape index (κ2) is 14.5. The van der Waals surface area contributed by atoms with Crippen LogP contribution in [0.5, 0.6) is 5.75 Å². The third kappa shape index (κ3) is 8.46. The van der Waals surface area contributed by atoms with Gasteiger partial charge in [0.25, 0.3) is 11.8 Å². The molecule has 0 bridgehead atoms. The Hall–Kier alpha value is -3.96. The molecule has 2 saturated heterocycles. The van der Waals surface area contributed by atoms with E-state index in [9.17, 15) is 49.5 Å². The zero-order valence-electron chi connectivity index (χ0n) is 28.8. The molecule has 3 aliphatic rings. The molecular formula is C35H40F6N4O6S. The minimum absolute atomic E-state index is 0.0283. The van der Waals surface area contributed by atoms with E-state index >= 15 is 0 Å². The summed E-state index contributed by atoms with van der Waals surface area (Å²) in [5, 5.41) is 13.9. The molecular weight excluding hydrogens is 718 g/mol. The summed E-state index contributed by atoms with van der Waals surface area (Å²) < 4.78 is 111. The number of piperidine rings is 2. The predicted molar refractivity (Wildman–Crippen MR) is 180 cm³/mol. The third-order valence-corrected chi connectivity index (χ3v) is 11.3. The van der Waals surface area contributed by atoms with Gasteiger partial charge in [-0.1, -0.05) is 0 Å². The molecule has 3 heterocycles. The first-order valence-electron chi connectivity index (χ1n) is 16.7. The van der Waals surface area contributed by atoms with Crippen molar-refractivity contribution in [3.05, 3.63) is 69.4 Å². The molecule has 1 spiro atoms. The highest BCUT2D eigenvalue weighted by Crippen LogP contribution is 2.39. The molecule has 2 N–H and O–H groups in total. The van der Waals surface area contributed by atoms with Crippen molar-refractivity contribution in [3.63, 3.8) is 0 Å². The number of sulfonamides is 1. The van der Waals surface area contributed by atoms with E-state index in [4.69, 9.17) is 4.74 Å². The van der Waals surface area contributed by atoms with Crippen LogP contribution >= 0.6 is 0 Å². The maximum atomic E-state index is 14.7. The Labute approximate surface area is 297 Å². The molecule has 2 aromatic rings. The average Bonchev–Trinajstić information content (AvgIpc) is 3.37. The summed E-state index contributed by atoms with van der Waals surface area (Å²) in [6, 6.07) is 6.90. The van der Waals surface area contributed by atoms with Crippen LogP contribution in [-0.2, 0) is 14.8 Å². The maximum absolute atomic E-state index is 14.7. The van der Waals surface area contributed by atoms with Crippen LogP contribution in [0.15, 0.2) is 40.7 Å². The number of aliphatic hydroxyl groups is 1. The molecule has 2 aromatic carbocycles. The van der Waals surface area contributed by atoms with Gasteiger partial charge in [-0.15, -0.1) is 0 Å². The Kier molecular flexibility index (Phi) is 10.9. The minimum Gasteiger partial charge on any atom is -0.491 e. The molecule has 17 heteroatoms. The molecule has 2 amide bonds. The SMILES string of the molecule is Cc1cc(C(=O)N2CCC(C)(O)CC2)cc(C)c1/C=C/S(=O)(=O)N1CCC2(CC1)N=C(c1ccc(OCCCC(F)(F)C(F)(F)F)c(F)c1)NC2=O. The number of aryl methyl sites for hydroxylation is 2. The number of ether oxygens (including phenoxy) is 1. The molecule has 2 fully saturated rings. The van der Waals surface area contributed by atoms with E-state index in [0.29, 0.717) is 48.2 Å². The van der Waals surface area contributed by atoms with Crippen molar-refractivity contribution in [3.8, 4) is 5.75 Å². The number of alkyl halides is 5. The number of nitrogens with zero attached hydrogens (tertiary/aromatic N) is 3. The van der Waals surface area contributed by atoms with E-state index in [-0.39, 0.29) is 49.0 Å². The number of benzene rings is 2. The molecule has 0 aromatic heterocycles. The van der Waals surface area contributed by atoms with Crippen molar-refractivity contribution >= 4 is 33.7 Å². The number of likely N-dealkylation sites (tertiary alicyclic amines) is 1. The van der Waals surface area contributed by atoms with E-state index < -0.39 is 64.4 Å². The quantitative estimate of drug-likeness (QED) is 0.244. The van der Waals surface area contributed by atoms with E-state index in [1.54, 1.807) is 37.8 Å². The van der Waals surface area contributed by atoms with Crippen molar-refractivity contribution in [2.24, 2.45) is 4.99 Å². The van der Waals surface area contributed by atoms with Crippen LogP contribution in [0, 0.1) is 19.7 Å². The molecule has 284 valence electrons. The maximum Gasteiger partial charge on any atom is 0.453 e. The van der Waals surface area contributed by atoms with Gasteiger partial charge in [0.1, 0.15) is 11.4 Å². The summed E-state index contributed by atoms with van der Waals surface area (Å²) >= 11 is 0. The molecule has 0 atom stereocenters. The van der Waals surface area contributed by atoms with Crippen molar-refractivity contribution in [1.82, 2.24) is 14.5 Å². The van der Waals surface area contributed by atoms with Crippen molar-refractivity contribution in [1.29, 1.82) is 0 Å². The van der Waals surface area contributed by atoms with Crippen LogP contribution in [0.25, 0.3) is 6.08 Å². The predicted octanol–water partition coefficient (Wildman–Crippen LogP) is 5.50. The van der Waals surface area contributed by atoms with E-state index in [1.807, 2.05) is 0 Å². The highest BCUT2D eigenvalue weighted by atomic mass is 32.2. The van der Waals surface area contributed by atoms with E-state index in [1.165, 1.54) is 16.4 Å². The van der Waals surface area contributed by atoms with Crippen LogP contribution in [-0.4, -0.2) is 96.4 Å². The monoisotopic (exact) mass is 758 g/mol. The van der Waals surface area contributed by atoms with Crippen molar-refractivity contribution in [2.75, 3.05) is 32.8 Å². The fourth-order valence-electron chi connectivity index (χ4n) is 6.46. The molecule has 10 nitrogen and oxygen atoms in total. The number of amides is 2. The summed E-state index contributed by atoms with van der Waals surface area (Å²) in [6.45, 7) is 5.55. The molecule has 5 rings (SSSR count). The van der Waals surface area contributed by atoms with Gasteiger partial charge in [0.05, 0.1) is 12.2 Å². The number of aliphatic imine (C=N–C) groups is 1. The molecule has 52 heavy (non-hydrogen) atoms.